The molecule has 1 saturated carbocycles. The van der Waals surface area contributed by atoms with Gasteiger partial charge in [-0.25, -0.2) is 0 Å². The van der Waals surface area contributed by atoms with E-state index in [-0.39, 0.29) is 17.1 Å². The van der Waals surface area contributed by atoms with Crippen LogP contribution in [0, 0.1) is 17.8 Å². The molecule has 112 valence electrons. The van der Waals surface area contributed by atoms with Crippen LogP contribution in [-0.4, -0.2) is 24.1 Å². The fraction of sp³-hybridized carbons (Fsp3) is 0.500. The molecule has 5 nitrogen and oxygen atoms in total. The summed E-state index contributed by atoms with van der Waals surface area (Å²) in [5, 5.41) is 2.96. The van der Waals surface area contributed by atoms with E-state index in [4.69, 9.17) is 4.74 Å². The number of nitrogens with one attached hydrogen (secondary N) is 1. The number of aryl methyl sites for hydroxylation is 1. The first kappa shape index (κ1) is 13.9. The maximum atomic E-state index is 12.3. The van der Waals surface area contributed by atoms with Crippen LogP contribution in [0.3, 0.4) is 0 Å². The van der Waals surface area contributed by atoms with Crippen LogP contribution in [-0.2, 0) is 7.05 Å². The lowest BCUT2D eigenvalue weighted by Gasteiger charge is -2.19. The molecule has 0 saturated heterocycles. The standard InChI is InChI=1S/C16H20N2O3/c1-18-9-15(21-2)14(19)7-13(18)16(20)17-8-12-6-10-3-4-11(12)5-10/h3-4,7,9-12H,5-6,8H2,1-2H3,(H,17,20)/t10-,11+,12+/m1/s1. The minimum absolute atomic E-state index is 0.205. The van der Waals surface area contributed by atoms with Crippen molar-refractivity contribution in [3.63, 3.8) is 0 Å². The second kappa shape index (κ2) is 5.39. The molecule has 3 rings (SSSR count). The zero-order valence-electron chi connectivity index (χ0n) is 12.3. The monoisotopic (exact) mass is 288 g/mol. The van der Waals surface area contributed by atoms with Crippen LogP contribution in [0.1, 0.15) is 23.3 Å². The molecule has 21 heavy (non-hydrogen) atoms. The van der Waals surface area contributed by atoms with Crippen molar-refractivity contribution in [2.75, 3.05) is 13.7 Å². The molecule has 0 aliphatic heterocycles. The number of methoxy groups -OCH3 is 1. The van der Waals surface area contributed by atoms with Gasteiger partial charge < -0.3 is 14.6 Å². The van der Waals surface area contributed by atoms with Crippen LogP contribution in [0.25, 0.3) is 0 Å². The van der Waals surface area contributed by atoms with Gasteiger partial charge in [-0.15, -0.1) is 0 Å². The first-order valence-corrected chi connectivity index (χ1v) is 7.29. The number of allylic oxidation sites excluding steroid dienone is 2. The van der Waals surface area contributed by atoms with Crippen LogP contribution < -0.4 is 15.5 Å². The van der Waals surface area contributed by atoms with Gasteiger partial charge in [-0.05, 0) is 30.6 Å². The maximum Gasteiger partial charge on any atom is 0.268 e. The molecule has 2 aliphatic rings. The lowest BCUT2D eigenvalue weighted by atomic mass is 9.93. The normalized spacial score (nSPS) is 26.1. The summed E-state index contributed by atoms with van der Waals surface area (Å²) in [7, 11) is 3.18. The van der Waals surface area contributed by atoms with E-state index in [1.807, 2.05) is 0 Å². The summed E-state index contributed by atoms with van der Waals surface area (Å²) >= 11 is 0. The van der Waals surface area contributed by atoms with Gasteiger partial charge in [0.25, 0.3) is 5.91 Å². The average molecular weight is 288 g/mol. The van der Waals surface area contributed by atoms with Crippen molar-refractivity contribution in [3.8, 4) is 5.75 Å². The molecule has 2 bridgehead atoms. The summed E-state index contributed by atoms with van der Waals surface area (Å²) in [6, 6.07) is 1.33. The summed E-state index contributed by atoms with van der Waals surface area (Å²) in [6.07, 6.45) is 8.48. The van der Waals surface area contributed by atoms with Gasteiger partial charge >= 0.3 is 0 Å². The molecule has 3 atom stereocenters. The highest BCUT2D eigenvalue weighted by Gasteiger charge is 2.35. The summed E-state index contributed by atoms with van der Waals surface area (Å²) < 4.78 is 6.58. The molecule has 0 aromatic carbocycles. The molecule has 1 fully saturated rings. The highest BCUT2D eigenvalue weighted by Crippen LogP contribution is 2.42. The molecule has 0 radical (unpaired) electrons. The van der Waals surface area contributed by atoms with Gasteiger partial charge in [0.05, 0.1) is 13.3 Å². The first-order chi connectivity index (χ1) is 10.1. The summed E-state index contributed by atoms with van der Waals surface area (Å²) in [5.74, 6) is 1.87. The van der Waals surface area contributed by atoms with Crippen molar-refractivity contribution in [1.29, 1.82) is 0 Å². The smallest absolute Gasteiger partial charge is 0.268 e. The SMILES string of the molecule is COc1cn(C)c(C(=O)NC[C@@H]2C[C@@H]3C=C[C@H]2C3)cc1=O. The number of aromatic nitrogens is 1. The maximum absolute atomic E-state index is 12.3. The molecule has 1 amide bonds. The van der Waals surface area contributed by atoms with E-state index in [1.54, 1.807) is 11.6 Å². The van der Waals surface area contributed by atoms with Gasteiger partial charge in [-0.2, -0.15) is 0 Å². The fourth-order valence-corrected chi connectivity index (χ4v) is 3.43. The number of carbonyl (C=O) groups is 1. The molecule has 2 aliphatic carbocycles. The Balaban J connectivity index is 1.67. The molecule has 1 aromatic heterocycles. The largest absolute Gasteiger partial charge is 0.491 e. The second-order valence-electron chi connectivity index (χ2n) is 5.95. The molecule has 5 heteroatoms. The number of nitrogens with zero attached hydrogens (tertiary/aromatic N) is 1. The van der Waals surface area contributed by atoms with Crippen molar-refractivity contribution in [2.24, 2.45) is 24.8 Å². The van der Waals surface area contributed by atoms with E-state index in [9.17, 15) is 9.59 Å². The molecule has 0 spiro atoms. The molecule has 0 unspecified atom stereocenters. The van der Waals surface area contributed by atoms with Crippen LogP contribution in [0.5, 0.6) is 5.75 Å². The molecular weight excluding hydrogens is 268 g/mol. The number of fused-ring (bicyclic) bond motifs is 2. The van der Waals surface area contributed by atoms with Gasteiger partial charge in [0.1, 0.15) is 5.69 Å². The summed E-state index contributed by atoms with van der Waals surface area (Å²) in [4.78, 5) is 24.0. The Morgan fingerprint density at radius 3 is 2.86 bits per heavy atom. The lowest BCUT2D eigenvalue weighted by molar-refractivity contribution is 0.0936. The van der Waals surface area contributed by atoms with E-state index in [0.717, 1.165) is 6.42 Å². The predicted molar refractivity (Wildman–Crippen MR) is 79.4 cm³/mol. The number of rotatable bonds is 4. The van der Waals surface area contributed by atoms with Gasteiger partial charge in [0, 0.05) is 19.7 Å². The van der Waals surface area contributed by atoms with Crippen molar-refractivity contribution in [2.45, 2.75) is 12.8 Å². The van der Waals surface area contributed by atoms with Gasteiger partial charge in [-0.1, -0.05) is 12.2 Å². The molecule has 1 N–H and O–H groups in total. The Kier molecular flexibility index (Phi) is 3.57. The molecule has 1 heterocycles. The van der Waals surface area contributed by atoms with Crippen molar-refractivity contribution in [3.05, 3.63) is 40.3 Å². The first-order valence-electron chi connectivity index (χ1n) is 7.29. The Labute approximate surface area is 123 Å². The van der Waals surface area contributed by atoms with E-state index in [2.05, 4.69) is 17.5 Å². The fourth-order valence-electron chi connectivity index (χ4n) is 3.43. The minimum atomic E-state index is -0.274. The van der Waals surface area contributed by atoms with Crippen LogP contribution in [0.2, 0.25) is 0 Å². The topological polar surface area (TPSA) is 60.3 Å². The van der Waals surface area contributed by atoms with Crippen molar-refractivity contribution >= 4 is 5.91 Å². The summed E-state index contributed by atoms with van der Waals surface area (Å²) in [6.45, 7) is 0.671. The van der Waals surface area contributed by atoms with E-state index >= 15 is 0 Å². The van der Waals surface area contributed by atoms with E-state index in [0.29, 0.717) is 30.0 Å². The predicted octanol–water partition coefficient (Wildman–Crippen LogP) is 1.34. The summed E-state index contributed by atoms with van der Waals surface area (Å²) in [5.41, 5.74) is 0.0862. The van der Waals surface area contributed by atoms with E-state index < -0.39 is 0 Å². The van der Waals surface area contributed by atoms with Gasteiger partial charge in [-0.3, -0.25) is 9.59 Å². The third-order valence-electron chi connectivity index (χ3n) is 4.60. The van der Waals surface area contributed by atoms with Gasteiger partial charge in [0.15, 0.2) is 5.75 Å². The average Bonchev–Trinajstić information content (AvgIpc) is 3.09. The number of ether oxygens (including phenoxy) is 1. The highest BCUT2D eigenvalue weighted by molar-refractivity contribution is 5.92. The zero-order chi connectivity index (χ0) is 15.0. The van der Waals surface area contributed by atoms with Crippen molar-refractivity contribution < 1.29 is 9.53 Å². The van der Waals surface area contributed by atoms with Crippen LogP contribution in [0.4, 0.5) is 0 Å². The molecule has 1 aromatic rings. The highest BCUT2D eigenvalue weighted by atomic mass is 16.5. The zero-order valence-corrected chi connectivity index (χ0v) is 12.3. The number of carbonyl (C=O) groups excluding carboxylic acids is 1. The lowest BCUT2D eigenvalue weighted by Crippen LogP contribution is -2.33. The number of amides is 1. The van der Waals surface area contributed by atoms with Crippen LogP contribution >= 0.6 is 0 Å². The quantitative estimate of drug-likeness (QED) is 0.850. The third kappa shape index (κ3) is 2.60. The number of pyridine rings is 1. The minimum Gasteiger partial charge on any atom is -0.491 e. The van der Waals surface area contributed by atoms with Crippen molar-refractivity contribution in [1.82, 2.24) is 9.88 Å². The third-order valence-corrected chi connectivity index (χ3v) is 4.60. The van der Waals surface area contributed by atoms with Gasteiger partial charge in [0.2, 0.25) is 5.43 Å². The van der Waals surface area contributed by atoms with E-state index in [1.165, 1.54) is 25.8 Å². The number of hydrogen-bond donors (Lipinski definition) is 1. The Morgan fingerprint density at radius 2 is 2.24 bits per heavy atom. The second-order valence-corrected chi connectivity index (χ2v) is 5.95. The number of hydrogen-bond acceptors (Lipinski definition) is 3. The Bertz CT molecular complexity index is 647. The Hall–Kier alpha value is -2.04. The molecular formula is C16H20N2O3. The van der Waals surface area contributed by atoms with Crippen LogP contribution in [0.15, 0.2) is 29.2 Å². The Morgan fingerprint density at radius 1 is 1.43 bits per heavy atom.